The Balaban J connectivity index is 2.48. The standard InChI is InChI=1S/C14H11F3N2O2/c15-14(16,17)21-10-3-1-2-8(6-10)11-5-4-9(18)7-12(11)13(19)20/h1-7H,18H2,(H2,19,20). The van der Waals surface area contributed by atoms with Gasteiger partial charge in [0.15, 0.2) is 0 Å². The van der Waals surface area contributed by atoms with Crippen molar-refractivity contribution in [3.05, 3.63) is 48.0 Å². The van der Waals surface area contributed by atoms with Gasteiger partial charge in [0.05, 0.1) is 0 Å². The summed E-state index contributed by atoms with van der Waals surface area (Å²) in [5.74, 6) is -1.10. The summed E-state index contributed by atoms with van der Waals surface area (Å²) in [5, 5.41) is 0. The molecule has 110 valence electrons. The Hall–Kier alpha value is -2.70. The third-order valence-electron chi connectivity index (χ3n) is 2.69. The summed E-state index contributed by atoms with van der Waals surface area (Å²) in [7, 11) is 0. The fraction of sp³-hybridized carbons (Fsp3) is 0.0714. The Morgan fingerprint density at radius 1 is 1.10 bits per heavy atom. The lowest BCUT2D eigenvalue weighted by Gasteiger charge is -2.12. The summed E-state index contributed by atoms with van der Waals surface area (Å²) >= 11 is 0. The molecule has 0 atom stereocenters. The fourth-order valence-electron chi connectivity index (χ4n) is 1.88. The number of amides is 1. The van der Waals surface area contributed by atoms with Gasteiger partial charge in [0.1, 0.15) is 5.75 Å². The number of benzene rings is 2. The Bertz CT molecular complexity index is 684. The number of primary amides is 1. The summed E-state index contributed by atoms with van der Waals surface area (Å²) in [6, 6.07) is 9.68. The van der Waals surface area contributed by atoms with E-state index < -0.39 is 12.3 Å². The highest BCUT2D eigenvalue weighted by atomic mass is 19.4. The SMILES string of the molecule is NC(=O)c1cc(N)ccc1-c1cccc(OC(F)(F)F)c1. The first-order valence-corrected chi connectivity index (χ1v) is 5.82. The van der Waals surface area contributed by atoms with E-state index in [1.165, 1.54) is 30.3 Å². The zero-order valence-corrected chi connectivity index (χ0v) is 10.6. The topological polar surface area (TPSA) is 78.3 Å². The van der Waals surface area contributed by atoms with Crippen molar-refractivity contribution in [3.63, 3.8) is 0 Å². The Kier molecular flexibility index (Phi) is 3.75. The molecule has 4 nitrogen and oxygen atoms in total. The minimum atomic E-state index is -4.79. The number of nitrogens with two attached hydrogens (primary N) is 2. The summed E-state index contributed by atoms with van der Waals surface area (Å²) in [4.78, 5) is 11.4. The lowest BCUT2D eigenvalue weighted by atomic mass is 9.98. The number of carbonyl (C=O) groups excluding carboxylic acids is 1. The molecule has 0 unspecified atom stereocenters. The van der Waals surface area contributed by atoms with Crippen LogP contribution in [0.5, 0.6) is 5.75 Å². The van der Waals surface area contributed by atoms with Gasteiger partial charge < -0.3 is 16.2 Å². The summed E-state index contributed by atoms with van der Waals surface area (Å²) in [6.07, 6.45) is -4.79. The molecule has 0 saturated carbocycles. The van der Waals surface area contributed by atoms with Crippen molar-refractivity contribution in [2.45, 2.75) is 6.36 Å². The Morgan fingerprint density at radius 2 is 1.81 bits per heavy atom. The third-order valence-corrected chi connectivity index (χ3v) is 2.69. The normalized spacial score (nSPS) is 11.2. The van der Waals surface area contributed by atoms with Crippen LogP contribution in [0.3, 0.4) is 0 Å². The fourth-order valence-corrected chi connectivity index (χ4v) is 1.88. The molecule has 2 rings (SSSR count). The van der Waals surface area contributed by atoms with Crippen molar-refractivity contribution in [2.75, 3.05) is 5.73 Å². The molecule has 0 aliphatic heterocycles. The zero-order chi connectivity index (χ0) is 15.6. The molecule has 2 aromatic rings. The molecule has 0 saturated heterocycles. The molecule has 2 aromatic carbocycles. The summed E-state index contributed by atoms with van der Waals surface area (Å²) < 4.78 is 40.5. The second-order valence-corrected chi connectivity index (χ2v) is 4.24. The molecule has 0 aromatic heterocycles. The van der Waals surface area contributed by atoms with Crippen molar-refractivity contribution in [2.24, 2.45) is 5.73 Å². The van der Waals surface area contributed by atoms with Gasteiger partial charge in [0, 0.05) is 11.3 Å². The van der Waals surface area contributed by atoms with Gasteiger partial charge in [0.25, 0.3) is 0 Å². The molecule has 4 N–H and O–H groups in total. The molecule has 21 heavy (non-hydrogen) atoms. The van der Waals surface area contributed by atoms with Gasteiger partial charge in [0.2, 0.25) is 5.91 Å². The van der Waals surface area contributed by atoms with Crippen LogP contribution >= 0.6 is 0 Å². The monoisotopic (exact) mass is 296 g/mol. The van der Waals surface area contributed by atoms with E-state index >= 15 is 0 Å². The first kappa shape index (κ1) is 14.7. The van der Waals surface area contributed by atoms with E-state index in [1.807, 2.05) is 0 Å². The molecule has 0 aliphatic carbocycles. The average Bonchev–Trinajstić information content (AvgIpc) is 2.36. The molecular weight excluding hydrogens is 285 g/mol. The van der Waals surface area contributed by atoms with E-state index in [1.54, 1.807) is 6.07 Å². The van der Waals surface area contributed by atoms with E-state index in [4.69, 9.17) is 11.5 Å². The van der Waals surface area contributed by atoms with Crippen LogP contribution in [0.4, 0.5) is 18.9 Å². The quantitative estimate of drug-likeness (QED) is 0.855. The van der Waals surface area contributed by atoms with Gasteiger partial charge >= 0.3 is 6.36 Å². The van der Waals surface area contributed by atoms with Crippen LogP contribution in [0, 0.1) is 0 Å². The minimum absolute atomic E-state index is 0.124. The van der Waals surface area contributed by atoms with E-state index in [-0.39, 0.29) is 11.3 Å². The van der Waals surface area contributed by atoms with Gasteiger partial charge in [-0.15, -0.1) is 13.2 Å². The largest absolute Gasteiger partial charge is 0.573 e. The van der Waals surface area contributed by atoms with Crippen molar-refractivity contribution < 1.29 is 22.7 Å². The number of alkyl halides is 3. The lowest BCUT2D eigenvalue weighted by molar-refractivity contribution is -0.274. The average molecular weight is 296 g/mol. The third kappa shape index (κ3) is 3.65. The second kappa shape index (κ2) is 5.35. The number of anilines is 1. The van der Waals surface area contributed by atoms with Crippen LogP contribution in [0.15, 0.2) is 42.5 Å². The molecule has 1 amide bonds. The zero-order valence-electron chi connectivity index (χ0n) is 10.6. The van der Waals surface area contributed by atoms with E-state index in [2.05, 4.69) is 4.74 Å². The van der Waals surface area contributed by atoms with Crippen LogP contribution in [0.25, 0.3) is 11.1 Å². The first-order chi connectivity index (χ1) is 9.76. The number of halogens is 3. The maximum atomic E-state index is 12.2. The summed E-state index contributed by atoms with van der Waals surface area (Å²) in [6.45, 7) is 0. The second-order valence-electron chi connectivity index (χ2n) is 4.24. The summed E-state index contributed by atoms with van der Waals surface area (Å²) in [5.41, 5.74) is 12.0. The highest BCUT2D eigenvalue weighted by Crippen LogP contribution is 2.30. The first-order valence-electron chi connectivity index (χ1n) is 5.82. The number of nitrogen functional groups attached to an aromatic ring is 1. The van der Waals surface area contributed by atoms with Gasteiger partial charge in [-0.3, -0.25) is 4.79 Å². The van der Waals surface area contributed by atoms with Crippen molar-refractivity contribution in [1.29, 1.82) is 0 Å². The number of hydrogen-bond donors (Lipinski definition) is 2. The highest BCUT2D eigenvalue weighted by Gasteiger charge is 2.31. The van der Waals surface area contributed by atoms with E-state index in [9.17, 15) is 18.0 Å². The number of ether oxygens (including phenoxy) is 1. The lowest BCUT2D eigenvalue weighted by Crippen LogP contribution is -2.17. The van der Waals surface area contributed by atoms with Crippen molar-refractivity contribution in [1.82, 2.24) is 0 Å². The molecule has 0 spiro atoms. The van der Waals surface area contributed by atoms with Crippen LogP contribution in [0.2, 0.25) is 0 Å². The van der Waals surface area contributed by atoms with Crippen molar-refractivity contribution in [3.8, 4) is 16.9 Å². The molecule has 0 heterocycles. The molecule has 7 heteroatoms. The Labute approximate surface area is 118 Å². The molecule has 0 fully saturated rings. The van der Waals surface area contributed by atoms with Crippen LogP contribution < -0.4 is 16.2 Å². The molecule has 0 bridgehead atoms. The van der Waals surface area contributed by atoms with Gasteiger partial charge in [-0.2, -0.15) is 0 Å². The van der Waals surface area contributed by atoms with Crippen LogP contribution in [-0.2, 0) is 0 Å². The van der Waals surface area contributed by atoms with E-state index in [0.717, 1.165) is 6.07 Å². The minimum Gasteiger partial charge on any atom is -0.406 e. The Morgan fingerprint density at radius 3 is 2.43 bits per heavy atom. The predicted molar refractivity (Wildman–Crippen MR) is 71.5 cm³/mol. The highest BCUT2D eigenvalue weighted by molar-refractivity contribution is 6.00. The van der Waals surface area contributed by atoms with Crippen LogP contribution in [-0.4, -0.2) is 12.3 Å². The van der Waals surface area contributed by atoms with Crippen molar-refractivity contribution >= 4 is 11.6 Å². The molecule has 0 aliphatic rings. The maximum Gasteiger partial charge on any atom is 0.573 e. The van der Waals surface area contributed by atoms with Crippen LogP contribution in [0.1, 0.15) is 10.4 Å². The predicted octanol–water partition coefficient (Wildman–Crippen LogP) is 2.93. The maximum absolute atomic E-state index is 12.2. The smallest absolute Gasteiger partial charge is 0.406 e. The van der Waals surface area contributed by atoms with E-state index in [0.29, 0.717) is 16.8 Å². The number of carbonyl (C=O) groups is 1. The number of rotatable bonds is 3. The van der Waals surface area contributed by atoms with Gasteiger partial charge in [-0.25, -0.2) is 0 Å². The molecule has 0 radical (unpaired) electrons. The number of hydrogen-bond acceptors (Lipinski definition) is 3. The van der Waals surface area contributed by atoms with Gasteiger partial charge in [-0.1, -0.05) is 18.2 Å². The molecular formula is C14H11F3N2O2. The van der Waals surface area contributed by atoms with Gasteiger partial charge in [-0.05, 0) is 35.4 Å².